The number of piperidine rings is 1. The number of halogens is 1. The molecule has 2 heterocycles. The summed E-state index contributed by atoms with van der Waals surface area (Å²) in [6, 6.07) is 14.5. The first kappa shape index (κ1) is 20.3. The molecular formula is C20H20ClN3O3S2. The highest BCUT2D eigenvalue weighted by Crippen LogP contribution is 2.29. The molecule has 0 saturated carbocycles. The van der Waals surface area contributed by atoms with Gasteiger partial charge >= 0.3 is 0 Å². The normalized spacial score (nSPS) is 16.2. The van der Waals surface area contributed by atoms with Gasteiger partial charge in [0.25, 0.3) is 0 Å². The molecule has 0 atom stereocenters. The van der Waals surface area contributed by atoms with Crippen LogP contribution in [0.3, 0.4) is 0 Å². The number of nitrogens with one attached hydrogen (secondary N) is 1. The first-order valence-electron chi connectivity index (χ1n) is 9.29. The van der Waals surface area contributed by atoms with Crippen LogP contribution < -0.4 is 5.32 Å². The largest absolute Gasteiger partial charge is 0.302 e. The highest BCUT2D eigenvalue weighted by Gasteiger charge is 2.31. The number of carbonyl (C=O) groups is 1. The molecule has 0 spiro atoms. The molecule has 29 heavy (non-hydrogen) atoms. The van der Waals surface area contributed by atoms with Crippen molar-refractivity contribution in [3.8, 4) is 0 Å². The van der Waals surface area contributed by atoms with Crippen LogP contribution in [0.2, 0.25) is 5.02 Å². The zero-order valence-corrected chi connectivity index (χ0v) is 17.9. The zero-order chi connectivity index (χ0) is 20.4. The van der Waals surface area contributed by atoms with Gasteiger partial charge in [-0.2, -0.15) is 0 Å². The lowest BCUT2D eigenvalue weighted by atomic mass is 9.97. The Balaban J connectivity index is 1.35. The molecule has 1 aliphatic heterocycles. The molecule has 1 fully saturated rings. The van der Waals surface area contributed by atoms with Gasteiger partial charge in [0.2, 0.25) is 15.9 Å². The van der Waals surface area contributed by atoms with Crippen LogP contribution >= 0.6 is 22.9 Å². The number of hydrogen-bond donors (Lipinski definition) is 1. The number of nitrogens with zero attached hydrogens (tertiary/aromatic N) is 2. The van der Waals surface area contributed by atoms with E-state index >= 15 is 0 Å². The molecule has 1 aromatic heterocycles. The fraction of sp³-hybridized carbons (Fsp3) is 0.300. The minimum absolute atomic E-state index is 0.0149. The van der Waals surface area contributed by atoms with Gasteiger partial charge in [-0.15, -0.1) is 0 Å². The van der Waals surface area contributed by atoms with Crippen LogP contribution in [0.5, 0.6) is 0 Å². The molecule has 6 nitrogen and oxygen atoms in total. The summed E-state index contributed by atoms with van der Waals surface area (Å²) in [5.74, 6) is -0.358. The second kappa shape index (κ2) is 8.39. The molecule has 1 N–H and O–H groups in total. The van der Waals surface area contributed by atoms with Crippen LogP contribution in [0.1, 0.15) is 18.4 Å². The molecule has 3 aromatic rings. The number of sulfonamides is 1. The summed E-state index contributed by atoms with van der Waals surface area (Å²) in [6.45, 7) is 0.700. The number of fused-ring (bicyclic) bond motifs is 1. The van der Waals surface area contributed by atoms with E-state index in [1.807, 2.05) is 42.5 Å². The monoisotopic (exact) mass is 449 g/mol. The van der Waals surface area contributed by atoms with Crippen LogP contribution in [0, 0.1) is 5.92 Å². The highest BCUT2D eigenvalue weighted by atomic mass is 35.5. The fourth-order valence-electron chi connectivity index (χ4n) is 3.43. The van der Waals surface area contributed by atoms with Gasteiger partial charge in [-0.1, -0.05) is 53.3 Å². The average Bonchev–Trinajstić information content (AvgIpc) is 3.09. The standard InChI is InChI=1S/C20H20ClN3O3S2/c21-16-6-7-17-18(12-16)28-20(22-17)23-19(25)15-8-10-24(11-9-15)29(26,27)13-14-4-2-1-3-5-14/h1-7,12,15H,8-11,13H2,(H,22,23,25). The predicted molar refractivity (Wildman–Crippen MR) is 117 cm³/mol. The Bertz CT molecular complexity index is 1120. The van der Waals surface area contributed by atoms with Crippen LogP contribution in [-0.2, 0) is 20.6 Å². The molecule has 152 valence electrons. The first-order chi connectivity index (χ1) is 13.9. The SMILES string of the molecule is O=C(Nc1nc2ccc(Cl)cc2s1)C1CCN(S(=O)(=O)Cc2ccccc2)CC1. The molecule has 2 aromatic carbocycles. The van der Waals surface area contributed by atoms with Gasteiger partial charge in [0.15, 0.2) is 5.13 Å². The van der Waals surface area contributed by atoms with E-state index in [1.165, 1.54) is 15.6 Å². The maximum absolute atomic E-state index is 12.7. The minimum Gasteiger partial charge on any atom is -0.302 e. The molecule has 9 heteroatoms. The molecular weight excluding hydrogens is 430 g/mol. The van der Waals surface area contributed by atoms with E-state index in [4.69, 9.17) is 11.6 Å². The van der Waals surface area contributed by atoms with Crippen LogP contribution in [0.25, 0.3) is 10.2 Å². The van der Waals surface area contributed by atoms with E-state index in [-0.39, 0.29) is 17.6 Å². The van der Waals surface area contributed by atoms with Crippen molar-refractivity contribution in [3.63, 3.8) is 0 Å². The van der Waals surface area contributed by atoms with Crippen molar-refractivity contribution in [2.75, 3.05) is 18.4 Å². The number of carbonyl (C=O) groups excluding carboxylic acids is 1. The van der Waals surface area contributed by atoms with E-state index in [0.29, 0.717) is 36.1 Å². The van der Waals surface area contributed by atoms with Crippen molar-refractivity contribution < 1.29 is 13.2 Å². The molecule has 4 rings (SSSR count). The summed E-state index contributed by atoms with van der Waals surface area (Å²) in [5.41, 5.74) is 1.56. The second-order valence-electron chi connectivity index (χ2n) is 7.04. The average molecular weight is 450 g/mol. The van der Waals surface area contributed by atoms with Gasteiger partial charge in [-0.05, 0) is 36.6 Å². The van der Waals surface area contributed by atoms with Gasteiger partial charge in [-0.3, -0.25) is 4.79 Å². The Morgan fingerprint density at radius 1 is 1.17 bits per heavy atom. The lowest BCUT2D eigenvalue weighted by molar-refractivity contribution is -0.120. The Kier molecular flexibility index (Phi) is 5.87. The Morgan fingerprint density at radius 3 is 2.62 bits per heavy atom. The third kappa shape index (κ3) is 4.78. The summed E-state index contributed by atoms with van der Waals surface area (Å²) in [4.78, 5) is 17.0. The van der Waals surface area contributed by atoms with Crippen LogP contribution in [-0.4, -0.2) is 36.7 Å². The lowest BCUT2D eigenvalue weighted by Gasteiger charge is -2.30. The van der Waals surface area contributed by atoms with Crippen LogP contribution in [0.4, 0.5) is 5.13 Å². The number of thiazole rings is 1. The third-order valence-electron chi connectivity index (χ3n) is 4.99. The molecule has 0 unspecified atom stereocenters. The summed E-state index contributed by atoms with van der Waals surface area (Å²) in [7, 11) is -3.39. The van der Waals surface area contributed by atoms with E-state index in [0.717, 1.165) is 15.8 Å². The van der Waals surface area contributed by atoms with Crippen molar-refractivity contribution in [2.45, 2.75) is 18.6 Å². The lowest BCUT2D eigenvalue weighted by Crippen LogP contribution is -2.41. The van der Waals surface area contributed by atoms with Crippen molar-refractivity contribution in [1.29, 1.82) is 0 Å². The second-order valence-corrected chi connectivity index (χ2v) is 10.5. The molecule has 1 saturated heterocycles. The number of anilines is 1. The quantitative estimate of drug-likeness (QED) is 0.635. The summed E-state index contributed by atoms with van der Waals surface area (Å²) >= 11 is 7.37. The van der Waals surface area contributed by atoms with E-state index in [2.05, 4.69) is 10.3 Å². The van der Waals surface area contributed by atoms with Crippen molar-refractivity contribution >= 4 is 54.2 Å². The molecule has 0 bridgehead atoms. The van der Waals surface area contributed by atoms with E-state index < -0.39 is 10.0 Å². The van der Waals surface area contributed by atoms with Gasteiger partial charge in [0.05, 0.1) is 16.0 Å². The summed E-state index contributed by atoms with van der Waals surface area (Å²) < 4.78 is 27.7. The topological polar surface area (TPSA) is 79.4 Å². The number of amides is 1. The maximum atomic E-state index is 12.7. The van der Waals surface area contributed by atoms with Gasteiger partial charge in [0.1, 0.15) is 0 Å². The third-order valence-corrected chi connectivity index (χ3v) is 8.01. The van der Waals surface area contributed by atoms with Gasteiger partial charge < -0.3 is 5.32 Å². The first-order valence-corrected chi connectivity index (χ1v) is 12.1. The van der Waals surface area contributed by atoms with E-state index in [1.54, 1.807) is 6.07 Å². The molecule has 0 aliphatic carbocycles. The molecule has 0 radical (unpaired) electrons. The van der Waals surface area contributed by atoms with E-state index in [9.17, 15) is 13.2 Å². The van der Waals surface area contributed by atoms with Crippen LogP contribution in [0.15, 0.2) is 48.5 Å². The smallest absolute Gasteiger partial charge is 0.229 e. The minimum atomic E-state index is -3.39. The van der Waals surface area contributed by atoms with Gasteiger partial charge in [0, 0.05) is 24.0 Å². The predicted octanol–water partition coefficient (Wildman–Crippen LogP) is 4.13. The highest BCUT2D eigenvalue weighted by molar-refractivity contribution is 7.88. The fourth-order valence-corrected chi connectivity index (χ4v) is 6.14. The molecule has 1 aliphatic rings. The van der Waals surface area contributed by atoms with Crippen molar-refractivity contribution in [3.05, 3.63) is 59.1 Å². The number of aromatic nitrogens is 1. The van der Waals surface area contributed by atoms with Crippen molar-refractivity contribution in [1.82, 2.24) is 9.29 Å². The summed E-state index contributed by atoms with van der Waals surface area (Å²) in [5, 5.41) is 4.03. The van der Waals surface area contributed by atoms with Gasteiger partial charge in [-0.25, -0.2) is 17.7 Å². The number of benzene rings is 2. The van der Waals surface area contributed by atoms with Crippen molar-refractivity contribution in [2.24, 2.45) is 5.92 Å². The Hall–Kier alpha value is -2.00. The molecule has 1 amide bonds. The number of rotatable bonds is 5. The number of hydrogen-bond acceptors (Lipinski definition) is 5. The Labute approximate surface area is 178 Å². The zero-order valence-electron chi connectivity index (χ0n) is 15.5. The maximum Gasteiger partial charge on any atom is 0.229 e. The Morgan fingerprint density at radius 2 is 1.90 bits per heavy atom. The summed E-state index contributed by atoms with van der Waals surface area (Å²) in [6.07, 6.45) is 0.993.